The van der Waals surface area contributed by atoms with E-state index in [2.05, 4.69) is 36.9 Å². The van der Waals surface area contributed by atoms with E-state index in [0.717, 1.165) is 0 Å². The molecule has 23 nitrogen and oxygen atoms in total. The van der Waals surface area contributed by atoms with Crippen molar-refractivity contribution >= 4 is 59.2 Å². The number of carbonyl (C=O) groups excluding carboxylic acids is 7. The zero-order valence-corrected chi connectivity index (χ0v) is 34.6. The Kier molecular flexibility index (Phi) is 24.6. The van der Waals surface area contributed by atoms with E-state index >= 15 is 0 Å². The van der Waals surface area contributed by atoms with Crippen molar-refractivity contribution in [3.8, 4) is 0 Å². The number of rotatable bonds is 29. The Morgan fingerprint density at radius 3 is 1.27 bits per heavy atom. The number of nitrogens with two attached hydrogens (primary N) is 4. The first-order valence-corrected chi connectivity index (χ1v) is 19.3. The quantitative estimate of drug-likeness (QED) is 0.0195. The molecule has 0 unspecified atom stereocenters. The molecule has 0 aliphatic heterocycles. The predicted molar refractivity (Wildman–Crippen MR) is 213 cm³/mol. The number of aliphatic hydroxyl groups is 1. The molecule has 0 aromatic heterocycles. The third-order valence-corrected chi connectivity index (χ3v) is 8.43. The molecule has 17 N–H and O–H groups in total. The number of aliphatic imine (C=N–C) groups is 1. The molecule has 0 rings (SSSR count). The number of carboxylic acids is 2. The summed E-state index contributed by atoms with van der Waals surface area (Å²) in [5.41, 5.74) is 21.4. The standard InChI is InChI=1S/C36H65N11O12/c1-17(2)12-23(47-34(57)26(15-27(38)49)44-29(52)20(37)16-48)31(54)42-21(9-10-28(50)51)30(53)45-25(14-19(5)6)33(56)46-24(13-18(3)4)32(55)43-22(35(58)59)8-7-11-41-36(39)40/h17-26,48H,7-16,37H2,1-6H3,(H2,38,49)(H,42,54)(H,43,55)(H,44,52)(H,45,53)(H,46,56)(H,47,57)(H,50,51)(H,58,59)(H4,39,40,41)/t20-,21-,22-,23-,24-,25-,26-/m0/s1. The second-order valence-corrected chi connectivity index (χ2v) is 15.4. The average Bonchev–Trinajstić information content (AvgIpc) is 3.11. The molecular weight excluding hydrogens is 778 g/mol. The number of hydrogen-bond donors (Lipinski definition) is 13. The van der Waals surface area contributed by atoms with E-state index in [4.69, 9.17) is 22.9 Å². The lowest BCUT2D eigenvalue weighted by Gasteiger charge is -2.28. The Morgan fingerprint density at radius 1 is 0.542 bits per heavy atom. The van der Waals surface area contributed by atoms with Gasteiger partial charge >= 0.3 is 11.9 Å². The molecule has 0 aliphatic carbocycles. The van der Waals surface area contributed by atoms with Gasteiger partial charge in [0.25, 0.3) is 0 Å². The van der Waals surface area contributed by atoms with Crippen molar-refractivity contribution in [3.63, 3.8) is 0 Å². The number of nitrogens with one attached hydrogen (secondary N) is 6. The molecule has 59 heavy (non-hydrogen) atoms. The minimum Gasteiger partial charge on any atom is -0.481 e. The van der Waals surface area contributed by atoms with Crippen LogP contribution < -0.4 is 54.8 Å². The van der Waals surface area contributed by atoms with Crippen molar-refractivity contribution in [2.24, 2.45) is 45.7 Å². The summed E-state index contributed by atoms with van der Waals surface area (Å²) in [7, 11) is 0. The molecule has 0 aromatic carbocycles. The largest absolute Gasteiger partial charge is 0.481 e. The molecule has 7 amide bonds. The third-order valence-electron chi connectivity index (χ3n) is 8.43. The highest BCUT2D eigenvalue weighted by molar-refractivity contribution is 5.98. The fraction of sp³-hybridized carbons (Fsp3) is 0.722. The first-order valence-electron chi connectivity index (χ1n) is 19.3. The molecular formula is C36H65N11O12. The molecule has 0 aliphatic rings. The molecule has 0 bridgehead atoms. The van der Waals surface area contributed by atoms with Crippen LogP contribution in [0.3, 0.4) is 0 Å². The molecule has 0 radical (unpaired) electrons. The maximum Gasteiger partial charge on any atom is 0.326 e. The van der Waals surface area contributed by atoms with Crippen LogP contribution in [0.4, 0.5) is 0 Å². The summed E-state index contributed by atoms with van der Waals surface area (Å²) < 4.78 is 0. The average molecular weight is 844 g/mol. The van der Waals surface area contributed by atoms with Gasteiger partial charge in [0.1, 0.15) is 42.3 Å². The number of aliphatic carboxylic acids is 2. The lowest BCUT2D eigenvalue weighted by atomic mass is 9.99. The summed E-state index contributed by atoms with van der Waals surface area (Å²) in [4.78, 5) is 119. The van der Waals surface area contributed by atoms with Crippen LogP contribution >= 0.6 is 0 Å². The van der Waals surface area contributed by atoms with E-state index < -0.39 is 121 Å². The van der Waals surface area contributed by atoms with Crippen molar-refractivity contribution in [1.29, 1.82) is 0 Å². The van der Waals surface area contributed by atoms with E-state index in [-0.39, 0.29) is 62.4 Å². The molecule has 0 saturated carbocycles. The second-order valence-electron chi connectivity index (χ2n) is 15.4. The summed E-state index contributed by atoms with van der Waals surface area (Å²) in [5.74, 6) is -9.98. The summed E-state index contributed by atoms with van der Waals surface area (Å²) in [6.45, 7) is 9.80. The Labute approximate surface area is 343 Å². The molecule has 0 saturated heterocycles. The van der Waals surface area contributed by atoms with E-state index in [9.17, 15) is 58.5 Å². The fourth-order valence-corrected chi connectivity index (χ4v) is 5.54. The van der Waals surface area contributed by atoms with Crippen molar-refractivity contribution in [2.75, 3.05) is 13.2 Å². The number of carbonyl (C=O) groups is 9. The maximum atomic E-state index is 13.8. The number of hydrogen-bond acceptors (Lipinski definition) is 12. The molecule has 0 heterocycles. The monoisotopic (exact) mass is 843 g/mol. The fourth-order valence-electron chi connectivity index (χ4n) is 5.54. The van der Waals surface area contributed by atoms with Gasteiger partial charge in [-0.3, -0.25) is 43.3 Å². The highest BCUT2D eigenvalue weighted by Crippen LogP contribution is 2.12. The van der Waals surface area contributed by atoms with Gasteiger partial charge < -0.3 is 70.2 Å². The molecule has 336 valence electrons. The van der Waals surface area contributed by atoms with Gasteiger partial charge in [-0.05, 0) is 56.3 Å². The Balaban J connectivity index is 6.41. The summed E-state index contributed by atoms with van der Waals surface area (Å²) >= 11 is 0. The van der Waals surface area contributed by atoms with Crippen LogP contribution in [0.2, 0.25) is 0 Å². The Bertz CT molecular complexity index is 1490. The van der Waals surface area contributed by atoms with Crippen molar-refractivity contribution < 1.29 is 58.5 Å². The molecule has 7 atom stereocenters. The Morgan fingerprint density at radius 2 is 0.915 bits per heavy atom. The predicted octanol–water partition coefficient (Wildman–Crippen LogP) is -3.77. The van der Waals surface area contributed by atoms with Crippen molar-refractivity contribution in [3.05, 3.63) is 0 Å². The van der Waals surface area contributed by atoms with Crippen LogP contribution in [0.15, 0.2) is 4.99 Å². The Hall–Kier alpha value is -5.58. The first kappa shape index (κ1) is 53.4. The topological polar surface area (TPSA) is 403 Å². The van der Waals surface area contributed by atoms with Crippen LogP contribution in [0.5, 0.6) is 0 Å². The van der Waals surface area contributed by atoms with Crippen LogP contribution in [0.1, 0.15) is 92.9 Å². The SMILES string of the molecule is CC(C)C[C@H](NC(=O)[C@H](CC(C)C)NC(=O)[C@H](CCC(=O)O)NC(=O)[C@H](CC(C)C)NC(=O)[C@H](CC(N)=O)NC(=O)[C@@H](N)CO)C(=O)N[C@@H](CCCN=C(N)N)C(=O)O. The molecule has 0 aromatic rings. The maximum absolute atomic E-state index is 13.8. The van der Waals surface area contributed by atoms with Crippen LogP contribution in [0.25, 0.3) is 0 Å². The number of carboxylic acid groups (broad SMARTS) is 2. The second kappa shape index (κ2) is 27.2. The number of primary amides is 1. The van der Waals surface area contributed by atoms with Gasteiger partial charge in [-0.2, -0.15) is 0 Å². The molecule has 0 spiro atoms. The lowest BCUT2D eigenvalue weighted by Crippen LogP contribution is -2.60. The highest BCUT2D eigenvalue weighted by Gasteiger charge is 2.35. The zero-order valence-electron chi connectivity index (χ0n) is 34.6. The summed E-state index contributed by atoms with van der Waals surface area (Å²) in [6, 6.07) is -9.90. The van der Waals surface area contributed by atoms with Crippen molar-refractivity contribution in [1.82, 2.24) is 31.9 Å². The van der Waals surface area contributed by atoms with Crippen LogP contribution in [0, 0.1) is 17.8 Å². The van der Waals surface area contributed by atoms with Crippen LogP contribution in [-0.2, 0) is 43.2 Å². The first-order chi connectivity index (χ1) is 27.4. The smallest absolute Gasteiger partial charge is 0.326 e. The van der Waals surface area contributed by atoms with Crippen molar-refractivity contribution in [2.45, 2.75) is 135 Å². The lowest BCUT2D eigenvalue weighted by molar-refractivity contribution is -0.142. The van der Waals surface area contributed by atoms with E-state index in [1.165, 1.54) is 0 Å². The number of aliphatic hydroxyl groups excluding tert-OH is 1. The number of guanidine groups is 1. The minimum absolute atomic E-state index is 0.0225. The minimum atomic E-state index is -1.60. The summed E-state index contributed by atoms with van der Waals surface area (Å²) in [5, 5.41) is 43.0. The third kappa shape index (κ3) is 22.8. The van der Waals surface area contributed by atoms with Gasteiger partial charge in [-0.15, -0.1) is 0 Å². The summed E-state index contributed by atoms with van der Waals surface area (Å²) in [6.07, 6.45) is -1.50. The van der Waals surface area contributed by atoms with Gasteiger partial charge in [0.05, 0.1) is 13.0 Å². The zero-order chi connectivity index (χ0) is 45.6. The van der Waals surface area contributed by atoms with Gasteiger partial charge in [0, 0.05) is 13.0 Å². The van der Waals surface area contributed by atoms with Gasteiger partial charge in [0.2, 0.25) is 41.4 Å². The van der Waals surface area contributed by atoms with Gasteiger partial charge in [-0.25, -0.2) is 4.79 Å². The molecule has 0 fully saturated rings. The normalized spacial score (nSPS) is 14.7. The number of nitrogens with zero attached hydrogens (tertiary/aromatic N) is 1. The van der Waals surface area contributed by atoms with E-state index in [1.807, 2.05) is 0 Å². The van der Waals surface area contributed by atoms with E-state index in [0.29, 0.717) is 0 Å². The molecule has 23 heteroatoms. The van der Waals surface area contributed by atoms with E-state index in [1.54, 1.807) is 41.5 Å². The van der Waals surface area contributed by atoms with Gasteiger partial charge in [-0.1, -0.05) is 41.5 Å². The number of amides is 7. The van der Waals surface area contributed by atoms with Crippen LogP contribution in [-0.4, -0.2) is 130 Å². The van der Waals surface area contributed by atoms with Gasteiger partial charge in [0.15, 0.2) is 5.96 Å². The highest BCUT2D eigenvalue weighted by atomic mass is 16.4.